The number of hydrogen-bond donors (Lipinski definition) is 0. The Hall–Kier alpha value is -3.33. The molecule has 3 aromatic carbocycles. The second-order valence-electron chi connectivity index (χ2n) is 6.20. The molecule has 0 saturated carbocycles. The lowest BCUT2D eigenvalue weighted by atomic mass is 9.84. The van der Waals surface area contributed by atoms with Crippen molar-refractivity contribution in [3.05, 3.63) is 102 Å². The molecule has 26 heavy (non-hydrogen) atoms. The molecule has 4 rings (SSSR count). The summed E-state index contributed by atoms with van der Waals surface area (Å²) in [4.78, 5) is 14.8. The van der Waals surface area contributed by atoms with Crippen molar-refractivity contribution in [3.63, 3.8) is 0 Å². The summed E-state index contributed by atoms with van der Waals surface area (Å²) in [5.41, 5.74) is 3.93. The molecule has 0 aromatic heterocycles. The zero-order chi connectivity index (χ0) is 17.9. The fourth-order valence-corrected chi connectivity index (χ4v) is 3.28. The molecule has 0 spiro atoms. The molecular formula is C23H19NO2. The van der Waals surface area contributed by atoms with Gasteiger partial charge in [0.1, 0.15) is 11.7 Å². The van der Waals surface area contributed by atoms with Gasteiger partial charge in [0.25, 0.3) is 0 Å². The maximum Gasteiger partial charge on any atom is 0.244 e. The van der Waals surface area contributed by atoms with Gasteiger partial charge in [0.2, 0.25) is 5.91 Å². The first-order valence-corrected chi connectivity index (χ1v) is 8.57. The van der Waals surface area contributed by atoms with Gasteiger partial charge in [0, 0.05) is 11.4 Å². The van der Waals surface area contributed by atoms with Crippen LogP contribution in [0.5, 0.6) is 5.75 Å². The highest BCUT2D eigenvalue weighted by Crippen LogP contribution is 2.43. The number of nitrogens with zero attached hydrogens (tertiary/aromatic N) is 1. The molecule has 0 bridgehead atoms. The summed E-state index contributed by atoms with van der Waals surface area (Å²) in [6.45, 7) is 0. The summed E-state index contributed by atoms with van der Waals surface area (Å²) in [7, 11) is 1.63. The smallest absolute Gasteiger partial charge is 0.244 e. The third kappa shape index (κ3) is 2.88. The number of carbonyl (C=O) groups is 1. The van der Waals surface area contributed by atoms with Gasteiger partial charge in [0.15, 0.2) is 0 Å². The topological polar surface area (TPSA) is 29.5 Å². The Labute approximate surface area is 153 Å². The van der Waals surface area contributed by atoms with Gasteiger partial charge in [-0.25, -0.2) is 0 Å². The van der Waals surface area contributed by atoms with Crippen LogP contribution in [0.25, 0.3) is 6.08 Å². The van der Waals surface area contributed by atoms with Crippen LogP contribution < -0.4 is 9.64 Å². The Morgan fingerprint density at radius 3 is 2.08 bits per heavy atom. The lowest BCUT2D eigenvalue weighted by Gasteiger charge is -2.42. The van der Waals surface area contributed by atoms with Crippen LogP contribution in [-0.4, -0.2) is 13.0 Å². The summed E-state index contributed by atoms with van der Waals surface area (Å²) >= 11 is 0. The van der Waals surface area contributed by atoms with Crippen molar-refractivity contribution >= 4 is 17.7 Å². The fourth-order valence-electron chi connectivity index (χ4n) is 3.28. The summed E-state index contributed by atoms with van der Waals surface area (Å²) in [5.74, 6) is 0.622. The molecule has 128 valence electrons. The largest absolute Gasteiger partial charge is 0.497 e. The van der Waals surface area contributed by atoms with Crippen molar-refractivity contribution in [1.82, 2.24) is 0 Å². The molecule has 3 aromatic rings. The van der Waals surface area contributed by atoms with Crippen molar-refractivity contribution in [2.75, 3.05) is 12.0 Å². The molecular weight excluding hydrogens is 322 g/mol. The SMILES string of the molecule is COc1ccc(N2C(=O)C(c3ccccc3)/C2=C/c2ccccc2)cc1. The van der Waals surface area contributed by atoms with E-state index in [1.807, 2.05) is 84.9 Å². The van der Waals surface area contributed by atoms with Crippen molar-refractivity contribution < 1.29 is 9.53 Å². The molecule has 3 heteroatoms. The predicted molar refractivity (Wildman–Crippen MR) is 104 cm³/mol. The summed E-state index contributed by atoms with van der Waals surface area (Å²) in [6, 6.07) is 27.6. The van der Waals surface area contributed by atoms with Crippen LogP contribution in [0.1, 0.15) is 17.0 Å². The Kier molecular flexibility index (Phi) is 4.28. The average Bonchev–Trinajstić information content (AvgIpc) is 2.70. The molecule has 1 saturated heterocycles. The van der Waals surface area contributed by atoms with E-state index >= 15 is 0 Å². The highest BCUT2D eigenvalue weighted by atomic mass is 16.5. The fraction of sp³-hybridized carbons (Fsp3) is 0.0870. The Morgan fingerprint density at radius 2 is 1.46 bits per heavy atom. The molecule has 0 radical (unpaired) electrons. The molecule has 1 heterocycles. The first kappa shape index (κ1) is 16.2. The second kappa shape index (κ2) is 6.89. The molecule has 1 aliphatic heterocycles. The molecule has 3 nitrogen and oxygen atoms in total. The number of amides is 1. The minimum absolute atomic E-state index is 0.0866. The Morgan fingerprint density at radius 1 is 0.846 bits per heavy atom. The first-order chi connectivity index (χ1) is 12.8. The molecule has 1 amide bonds. The normalized spacial score (nSPS) is 17.9. The van der Waals surface area contributed by atoms with Crippen LogP contribution in [0.4, 0.5) is 5.69 Å². The van der Waals surface area contributed by atoms with E-state index in [1.165, 1.54) is 0 Å². The van der Waals surface area contributed by atoms with Gasteiger partial charge >= 0.3 is 0 Å². The number of benzene rings is 3. The standard InChI is InChI=1S/C23H19NO2/c1-26-20-14-12-19(13-15-20)24-21(16-17-8-4-2-5-9-17)22(23(24)25)18-10-6-3-7-11-18/h2-16,22H,1H3/b21-16-. The lowest BCUT2D eigenvalue weighted by molar-refractivity contribution is -0.122. The zero-order valence-electron chi connectivity index (χ0n) is 14.5. The molecule has 1 unspecified atom stereocenters. The summed E-state index contributed by atoms with van der Waals surface area (Å²) < 4.78 is 5.22. The van der Waals surface area contributed by atoms with E-state index in [9.17, 15) is 4.79 Å². The molecule has 0 aliphatic carbocycles. The maximum atomic E-state index is 13.0. The monoisotopic (exact) mass is 341 g/mol. The average molecular weight is 341 g/mol. The quantitative estimate of drug-likeness (QED) is 0.634. The highest BCUT2D eigenvalue weighted by molar-refractivity contribution is 6.13. The van der Waals surface area contributed by atoms with E-state index in [4.69, 9.17) is 4.74 Å². The zero-order valence-corrected chi connectivity index (χ0v) is 14.5. The van der Waals surface area contributed by atoms with Crippen molar-refractivity contribution in [2.45, 2.75) is 5.92 Å². The van der Waals surface area contributed by atoms with Crippen LogP contribution in [-0.2, 0) is 4.79 Å². The number of hydrogen-bond acceptors (Lipinski definition) is 2. The Bertz CT molecular complexity index is 931. The van der Waals surface area contributed by atoms with Crippen molar-refractivity contribution in [1.29, 1.82) is 0 Å². The van der Waals surface area contributed by atoms with Crippen LogP contribution in [0.3, 0.4) is 0 Å². The van der Waals surface area contributed by atoms with Gasteiger partial charge in [-0.1, -0.05) is 60.7 Å². The highest BCUT2D eigenvalue weighted by Gasteiger charge is 2.44. The van der Waals surface area contributed by atoms with Crippen LogP contribution >= 0.6 is 0 Å². The summed E-state index contributed by atoms with van der Waals surface area (Å²) in [6.07, 6.45) is 2.09. The minimum atomic E-state index is -0.237. The van der Waals surface area contributed by atoms with Crippen LogP contribution in [0, 0.1) is 0 Å². The van der Waals surface area contributed by atoms with Gasteiger partial charge in [-0.3, -0.25) is 9.69 Å². The van der Waals surface area contributed by atoms with Crippen LogP contribution in [0.15, 0.2) is 90.6 Å². The van der Waals surface area contributed by atoms with Gasteiger partial charge in [-0.15, -0.1) is 0 Å². The van der Waals surface area contributed by atoms with Crippen molar-refractivity contribution in [2.24, 2.45) is 0 Å². The molecule has 1 fully saturated rings. The van der Waals surface area contributed by atoms with Crippen LogP contribution in [0.2, 0.25) is 0 Å². The first-order valence-electron chi connectivity index (χ1n) is 8.57. The number of β-lactam (4-membered cyclic amide) rings is 1. The predicted octanol–water partition coefficient (Wildman–Crippen LogP) is 4.87. The van der Waals surface area contributed by atoms with Gasteiger partial charge in [-0.2, -0.15) is 0 Å². The number of methoxy groups -OCH3 is 1. The number of anilines is 1. The number of ether oxygens (including phenoxy) is 1. The van der Waals surface area contributed by atoms with E-state index in [2.05, 4.69) is 6.08 Å². The van der Waals surface area contributed by atoms with E-state index in [0.717, 1.165) is 28.3 Å². The van der Waals surface area contributed by atoms with E-state index in [1.54, 1.807) is 12.0 Å². The van der Waals surface area contributed by atoms with E-state index < -0.39 is 0 Å². The minimum Gasteiger partial charge on any atom is -0.497 e. The Balaban J connectivity index is 1.75. The van der Waals surface area contributed by atoms with Crippen molar-refractivity contribution in [3.8, 4) is 5.75 Å². The van der Waals surface area contributed by atoms with E-state index in [0.29, 0.717) is 0 Å². The third-order valence-electron chi connectivity index (χ3n) is 4.60. The van der Waals surface area contributed by atoms with Gasteiger partial charge in [0.05, 0.1) is 7.11 Å². The number of carbonyl (C=O) groups excluding carboxylic acids is 1. The third-order valence-corrected chi connectivity index (χ3v) is 4.60. The molecule has 0 N–H and O–H groups in total. The van der Waals surface area contributed by atoms with Gasteiger partial charge in [-0.05, 0) is 41.5 Å². The molecule has 1 aliphatic rings. The number of rotatable bonds is 4. The van der Waals surface area contributed by atoms with E-state index in [-0.39, 0.29) is 11.8 Å². The molecule has 1 atom stereocenters. The lowest BCUT2D eigenvalue weighted by Crippen LogP contribution is -2.48. The van der Waals surface area contributed by atoms with Gasteiger partial charge < -0.3 is 4.74 Å². The maximum absolute atomic E-state index is 13.0. The second-order valence-corrected chi connectivity index (χ2v) is 6.20. The summed E-state index contributed by atoms with van der Waals surface area (Å²) in [5, 5.41) is 0.